The first-order valence-corrected chi connectivity index (χ1v) is 26.9. The van der Waals surface area contributed by atoms with Gasteiger partial charge < -0.3 is 47.0 Å². The van der Waals surface area contributed by atoms with Crippen LogP contribution in [0.3, 0.4) is 0 Å². The number of amides is 6. The molecule has 3 aliphatic rings. The van der Waals surface area contributed by atoms with Gasteiger partial charge in [-0.15, -0.1) is 0 Å². The highest BCUT2D eigenvalue weighted by atomic mass is 19.1. The van der Waals surface area contributed by atoms with E-state index in [1.165, 1.54) is 17.0 Å². The third-order valence-electron chi connectivity index (χ3n) is 14.8. The zero-order chi connectivity index (χ0) is 54.7. The topological polar surface area (TPSA) is 229 Å². The van der Waals surface area contributed by atoms with Crippen LogP contribution in [-0.2, 0) is 37.1 Å². The van der Waals surface area contributed by atoms with Gasteiger partial charge in [-0.25, -0.2) is 9.37 Å². The molecule has 2 fully saturated rings. The standard InChI is InChI=1S/C57H77FN12O6/c1-8-44(37-19-14-13-15-20-37)64-54(74)48-31-40(33-70(48)56(76)51(57(3,4)5)65-53(73)36(2)60-6)63-50(72)23-17-12-10-9-11-16-22-49(71)61-26-28-68-34-43-38-29-47(52(59)62-32-38)69-27-18-21-46(69)42-30-39(58)24-25-41(42)55(75)67(7)35-45(43)66-68/h13-15,19-20,24-25,29-30,32,34,40,44,46,48,51,60H,2,8-12,16-18,21-23,26-28,31,33,35H2,1,3-7H3,(H2,59,62)(H,61,71)(H,63,72)(H,64,74)(H,65,73)/t40-,44+,46-,48-,51+/m1/s1. The lowest BCUT2D eigenvalue weighted by atomic mass is 9.85. The van der Waals surface area contributed by atoms with Crippen LogP contribution in [0.15, 0.2) is 79.3 Å². The van der Waals surface area contributed by atoms with Crippen molar-refractivity contribution in [3.05, 3.63) is 107 Å². The number of pyridine rings is 1. The van der Waals surface area contributed by atoms with Gasteiger partial charge in [-0.2, -0.15) is 5.10 Å². The maximum atomic E-state index is 14.7. The quantitative estimate of drug-likeness (QED) is 0.0393. The van der Waals surface area contributed by atoms with Crippen LogP contribution in [-0.4, -0.2) is 112 Å². The van der Waals surface area contributed by atoms with E-state index in [1.807, 2.05) is 70.3 Å². The number of halogens is 1. The van der Waals surface area contributed by atoms with Crippen molar-refractivity contribution < 1.29 is 33.2 Å². The normalized spacial score (nSPS) is 18.0. The summed E-state index contributed by atoms with van der Waals surface area (Å²) in [5.41, 5.74) is 10.8. The van der Waals surface area contributed by atoms with Crippen molar-refractivity contribution in [2.75, 3.05) is 44.4 Å². The van der Waals surface area contributed by atoms with E-state index in [9.17, 15) is 33.2 Å². The fourth-order valence-electron chi connectivity index (χ4n) is 10.6. The van der Waals surface area contributed by atoms with Crippen LogP contribution in [0.25, 0.3) is 11.1 Å². The van der Waals surface area contributed by atoms with Crippen molar-refractivity contribution in [1.82, 2.24) is 51.1 Å². The Morgan fingerprint density at radius 2 is 1.64 bits per heavy atom. The zero-order valence-electron chi connectivity index (χ0n) is 45.1. The number of aromatic nitrogens is 3. The smallest absolute Gasteiger partial charge is 0.267 e. The molecule has 2 aromatic carbocycles. The summed E-state index contributed by atoms with van der Waals surface area (Å²) in [4.78, 5) is 91.3. The van der Waals surface area contributed by atoms with Gasteiger partial charge in [0, 0.05) is 81.7 Å². The first-order valence-electron chi connectivity index (χ1n) is 26.9. The number of nitrogens with zero attached hydrogens (tertiary/aromatic N) is 6. The molecule has 5 heterocycles. The highest BCUT2D eigenvalue weighted by Crippen LogP contribution is 2.42. The lowest BCUT2D eigenvalue weighted by molar-refractivity contribution is -0.143. The molecule has 0 saturated carbocycles. The van der Waals surface area contributed by atoms with E-state index < -0.39 is 41.2 Å². The Labute approximate surface area is 446 Å². The van der Waals surface area contributed by atoms with Crippen LogP contribution in [0.4, 0.5) is 15.9 Å². The second kappa shape index (κ2) is 25.5. The van der Waals surface area contributed by atoms with Gasteiger partial charge in [0.2, 0.25) is 23.6 Å². The summed E-state index contributed by atoms with van der Waals surface area (Å²) in [6, 6.07) is 13.2. The number of rotatable bonds is 21. The molecule has 0 radical (unpaired) electrons. The Kier molecular flexibility index (Phi) is 18.9. The molecule has 6 amide bonds. The van der Waals surface area contributed by atoms with E-state index in [4.69, 9.17) is 10.8 Å². The molecule has 18 nitrogen and oxygen atoms in total. The molecule has 19 heteroatoms. The molecule has 0 unspecified atom stereocenters. The molecule has 2 aromatic heterocycles. The van der Waals surface area contributed by atoms with E-state index in [0.717, 1.165) is 67.3 Å². The number of hydrogen-bond acceptors (Lipinski definition) is 11. The Morgan fingerprint density at radius 1 is 0.934 bits per heavy atom. The maximum Gasteiger partial charge on any atom is 0.267 e. The predicted octanol–water partition coefficient (Wildman–Crippen LogP) is 6.45. The zero-order valence-corrected chi connectivity index (χ0v) is 45.1. The molecule has 408 valence electrons. The van der Waals surface area contributed by atoms with E-state index in [0.29, 0.717) is 68.0 Å². The summed E-state index contributed by atoms with van der Waals surface area (Å²) in [7, 11) is 3.29. The van der Waals surface area contributed by atoms with E-state index in [2.05, 4.69) is 43.0 Å². The monoisotopic (exact) mass is 1040 g/mol. The van der Waals surface area contributed by atoms with Crippen molar-refractivity contribution in [2.24, 2.45) is 5.41 Å². The van der Waals surface area contributed by atoms with Crippen molar-refractivity contribution in [1.29, 1.82) is 0 Å². The van der Waals surface area contributed by atoms with Crippen molar-refractivity contribution >= 4 is 46.9 Å². The van der Waals surface area contributed by atoms with Crippen LogP contribution < -0.4 is 37.2 Å². The van der Waals surface area contributed by atoms with Gasteiger partial charge in [-0.05, 0) is 79.3 Å². The van der Waals surface area contributed by atoms with Gasteiger partial charge >= 0.3 is 0 Å². The number of carbonyl (C=O) groups excluding carboxylic acids is 6. The molecule has 2 saturated heterocycles. The summed E-state index contributed by atoms with van der Waals surface area (Å²) in [6.45, 7) is 13.0. The third-order valence-corrected chi connectivity index (χ3v) is 14.8. The highest BCUT2D eigenvalue weighted by molar-refractivity contribution is 5.98. The summed E-state index contributed by atoms with van der Waals surface area (Å²) < 4.78 is 16.5. The fraction of sp³-hybridized carbons (Fsp3) is 0.509. The average Bonchev–Trinajstić information content (AvgIpc) is 4.16. The summed E-state index contributed by atoms with van der Waals surface area (Å²) in [5, 5.41) is 19.6. The molecule has 0 spiro atoms. The number of carbonyl (C=O) groups is 6. The number of nitrogen functional groups attached to an aromatic ring is 1. The van der Waals surface area contributed by atoms with Gasteiger partial charge in [-0.1, -0.05) is 90.3 Å². The number of anilines is 2. The Morgan fingerprint density at radius 3 is 2.34 bits per heavy atom. The van der Waals surface area contributed by atoms with Crippen LogP contribution in [0.5, 0.6) is 0 Å². The minimum absolute atomic E-state index is 0.0534. The Balaban J connectivity index is 0.854. The number of nitrogens with two attached hydrogens (primary N) is 1. The number of hydrogen-bond donors (Lipinski definition) is 6. The number of benzene rings is 2. The molecule has 3 aliphatic heterocycles. The van der Waals surface area contributed by atoms with Gasteiger partial charge in [0.05, 0.1) is 42.3 Å². The van der Waals surface area contributed by atoms with Gasteiger partial charge in [0.25, 0.3) is 11.8 Å². The number of nitrogens with one attached hydrogen (secondary N) is 5. The maximum absolute atomic E-state index is 14.7. The Hall–Kier alpha value is -7.31. The van der Waals surface area contributed by atoms with Gasteiger partial charge in [-0.3, -0.25) is 33.4 Å². The minimum Gasteiger partial charge on any atom is -0.384 e. The molecule has 7 N–H and O–H groups in total. The number of likely N-dealkylation sites (N-methyl/N-ethyl adjacent to an activating group) is 1. The predicted molar refractivity (Wildman–Crippen MR) is 291 cm³/mol. The van der Waals surface area contributed by atoms with Crippen molar-refractivity contribution in [3.63, 3.8) is 0 Å². The molecular weight excluding hydrogens is 968 g/mol. The van der Waals surface area contributed by atoms with Crippen molar-refractivity contribution in [3.8, 4) is 11.1 Å². The SMILES string of the molecule is C=C(NC)C(=O)N[C@@H](C(=O)N1C[C@H](NC(=O)CCCCCCCCC(=O)NCCn2cc3c(n2)CN(C)C(=O)c2ccc(F)cc2[C@H]2CCCN2c2cc-3cnc2N)C[C@@H]1C(=O)N[C@@H](CC)c1ccccc1)C(C)(C)C. The molecule has 4 aromatic rings. The summed E-state index contributed by atoms with van der Waals surface area (Å²) in [5.74, 6) is -1.74. The summed E-state index contributed by atoms with van der Waals surface area (Å²) in [6.07, 6.45) is 11.7. The molecule has 76 heavy (non-hydrogen) atoms. The van der Waals surface area contributed by atoms with Crippen molar-refractivity contribution in [2.45, 2.75) is 148 Å². The van der Waals surface area contributed by atoms with Crippen LogP contribution in [0.1, 0.15) is 144 Å². The second-order valence-electron chi connectivity index (χ2n) is 21.5. The molecule has 2 bridgehead atoms. The molecule has 5 atom stereocenters. The highest BCUT2D eigenvalue weighted by Gasteiger charge is 2.46. The summed E-state index contributed by atoms with van der Waals surface area (Å²) >= 11 is 0. The fourth-order valence-corrected chi connectivity index (χ4v) is 10.6. The first-order chi connectivity index (χ1) is 36.4. The third kappa shape index (κ3) is 13.9. The van der Waals surface area contributed by atoms with E-state index >= 15 is 0 Å². The minimum atomic E-state index is -0.970. The van der Waals surface area contributed by atoms with Crippen LogP contribution >= 0.6 is 0 Å². The Bertz CT molecular complexity index is 2740. The molecule has 7 rings (SSSR count). The lowest BCUT2D eigenvalue weighted by Crippen LogP contribution is -2.58. The van der Waals surface area contributed by atoms with E-state index in [-0.39, 0.29) is 60.9 Å². The van der Waals surface area contributed by atoms with Crippen LogP contribution in [0.2, 0.25) is 0 Å². The second-order valence-corrected chi connectivity index (χ2v) is 21.5. The number of unbranched alkanes of at least 4 members (excludes halogenated alkanes) is 5. The number of fused-ring (bicyclic) bond motifs is 8. The van der Waals surface area contributed by atoms with Gasteiger partial charge in [0.15, 0.2) is 0 Å². The molecular formula is C57H77FN12O6. The largest absolute Gasteiger partial charge is 0.384 e. The first kappa shape index (κ1) is 56.4. The van der Waals surface area contributed by atoms with Gasteiger partial charge in [0.1, 0.15) is 23.7 Å². The molecule has 0 aliphatic carbocycles. The lowest BCUT2D eigenvalue weighted by Gasteiger charge is -2.35. The van der Waals surface area contributed by atoms with E-state index in [1.54, 1.807) is 35.9 Å². The van der Waals surface area contributed by atoms with Crippen LogP contribution in [0, 0.1) is 11.2 Å². The average molecular weight is 1050 g/mol. The number of likely N-dealkylation sites (tertiary alicyclic amines) is 1.